The van der Waals surface area contributed by atoms with Gasteiger partial charge in [0.05, 0.1) is 12.1 Å². The molecule has 0 spiro atoms. The summed E-state index contributed by atoms with van der Waals surface area (Å²) in [6, 6.07) is 5.67. The molecule has 0 aliphatic carbocycles. The van der Waals surface area contributed by atoms with Gasteiger partial charge in [0.25, 0.3) is 5.91 Å². The molecule has 0 aliphatic rings. The summed E-state index contributed by atoms with van der Waals surface area (Å²) in [7, 11) is 0. The van der Waals surface area contributed by atoms with E-state index in [9.17, 15) is 9.18 Å². The standard InChI is InChI=1S/C14H16FN3OS/c1-8(16)14-18-12(7-20-14)13(19)17-9(2)10-4-3-5-11(15)6-10/h3-9H,16H2,1-2H3,(H,17,19). The van der Waals surface area contributed by atoms with Gasteiger partial charge in [-0.3, -0.25) is 4.79 Å². The van der Waals surface area contributed by atoms with Gasteiger partial charge in [0.15, 0.2) is 0 Å². The van der Waals surface area contributed by atoms with Crippen LogP contribution in [0.3, 0.4) is 0 Å². The minimum absolute atomic E-state index is 0.192. The Hall–Kier alpha value is -1.79. The number of nitrogens with one attached hydrogen (secondary N) is 1. The maximum atomic E-state index is 13.1. The van der Waals surface area contributed by atoms with Gasteiger partial charge in [0.1, 0.15) is 16.5 Å². The van der Waals surface area contributed by atoms with E-state index < -0.39 is 0 Å². The van der Waals surface area contributed by atoms with Gasteiger partial charge in [-0.1, -0.05) is 12.1 Å². The Morgan fingerprint density at radius 2 is 2.20 bits per heavy atom. The smallest absolute Gasteiger partial charge is 0.271 e. The van der Waals surface area contributed by atoms with Crippen molar-refractivity contribution in [3.05, 3.63) is 51.7 Å². The highest BCUT2D eigenvalue weighted by Gasteiger charge is 2.15. The fraction of sp³-hybridized carbons (Fsp3) is 0.286. The average molecular weight is 293 g/mol. The fourth-order valence-corrected chi connectivity index (χ4v) is 2.49. The lowest BCUT2D eigenvalue weighted by Crippen LogP contribution is -2.27. The van der Waals surface area contributed by atoms with E-state index in [-0.39, 0.29) is 23.8 Å². The summed E-state index contributed by atoms with van der Waals surface area (Å²) in [5.41, 5.74) is 6.76. The maximum absolute atomic E-state index is 13.1. The largest absolute Gasteiger partial charge is 0.344 e. The summed E-state index contributed by atoms with van der Waals surface area (Å²) in [4.78, 5) is 16.2. The number of benzene rings is 1. The van der Waals surface area contributed by atoms with Gasteiger partial charge in [0.2, 0.25) is 0 Å². The van der Waals surface area contributed by atoms with Gasteiger partial charge in [-0.15, -0.1) is 11.3 Å². The molecule has 0 aliphatic heterocycles. The van der Waals surface area contributed by atoms with E-state index in [0.29, 0.717) is 16.3 Å². The Kier molecular flexibility index (Phi) is 4.46. The highest BCUT2D eigenvalue weighted by atomic mass is 32.1. The molecule has 0 saturated carbocycles. The number of rotatable bonds is 4. The molecule has 106 valence electrons. The van der Waals surface area contributed by atoms with Crippen LogP contribution in [0.2, 0.25) is 0 Å². The monoisotopic (exact) mass is 293 g/mol. The molecular formula is C14H16FN3OS. The Labute approximate surface area is 120 Å². The van der Waals surface area contributed by atoms with Crippen LogP contribution in [-0.4, -0.2) is 10.9 Å². The van der Waals surface area contributed by atoms with Gasteiger partial charge >= 0.3 is 0 Å². The lowest BCUT2D eigenvalue weighted by atomic mass is 10.1. The Bertz CT molecular complexity index is 612. The van der Waals surface area contributed by atoms with Gasteiger partial charge in [-0.05, 0) is 31.5 Å². The molecule has 0 saturated heterocycles. The van der Waals surface area contributed by atoms with E-state index >= 15 is 0 Å². The number of hydrogen-bond acceptors (Lipinski definition) is 4. The molecule has 2 aromatic rings. The average Bonchev–Trinajstić information content (AvgIpc) is 2.88. The number of hydrogen-bond donors (Lipinski definition) is 2. The summed E-state index contributed by atoms with van der Waals surface area (Å²) < 4.78 is 13.1. The first-order valence-corrected chi connectivity index (χ1v) is 7.12. The van der Waals surface area contributed by atoms with Crippen LogP contribution < -0.4 is 11.1 Å². The molecule has 2 rings (SSSR count). The number of carbonyl (C=O) groups is 1. The predicted molar refractivity (Wildman–Crippen MR) is 77.0 cm³/mol. The number of halogens is 1. The third-order valence-electron chi connectivity index (χ3n) is 2.84. The molecule has 1 heterocycles. The van der Waals surface area contributed by atoms with Crippen LogP contribution >= 0.6 is 11.3 Å². The van der Waals surface area contributed by atoms with E-state index in [1.807, 2.05) is 6.92 Å². The maximum Gasteiger partial charge on any atom is 0.271 e. The molecule has 4 nitrogen and oxygen atoms in total. The van der Waals surface area contributed by atoms with Crippen LogP contribution in [0.15, 0.2) is 29.6 Å². The molecule has 2 atom stereocenters. The van der Waals surface area contributed by atoms with Crippen LogP contribution in [0, 0.1) is 5.82 Å². The zero-order valence-corrected chi connectivity index (χ0v) is 12.1. The first kappa shape index (κ1) is 14.6. The second-order valence-electron chi connectivity index (χ2n) is 4.61. The lowest BCUT2D eigenvalue weighted by molar-refractivity contribution is 0.0935. The van der Waals surface area contributed by atoms with Crippen LogP contribution in [0.25, 0.3) is 0 Å². The number of thiazole rings is 1. The summed E-state index contributed by atoms with van der Waals surface area (Å²) in [5.74, 6) is -0.610. The van der Waals surface area contributed by atoms with E-state index in [2.05, 4.69) is 10.3 Å². The summed E-state index contributed by atoms with van der Waals surface area (Å²) in [6.45, 7) is 3.61. The normalized spacial score (nSPS) is 13.8. The van der Waals surface area contributed by atoms with Crippen molar-refractivity contribution in [2.75, 3.05) is 0 Å². The van der Waals surface area contributed by atoms with Crippen molar-refractivity contribution < 1.29 is 9.18 Å². The zero-order valence-electron chi connectivity index (χ0n) is 11.3. The molecule has 1 amide bonds. The highest BCUT2D eigenvalue weighted by Crippen LogP contribution is 2.18. The molecule has 1 aromatic heterocycles. The molecule has 2 unspecified atom stereocenters. The molecule has 0 bridgehead atoms. The fourth-order valence-electron chi connectivity index (χ4n) is 1.73. The minimum atomic E-state index is -0.323. The number of nitrogens with two attached hydrogens (primary N) is 1. The Morgan fingerprint density at radius 1 is 1.45 bits per heavy atom. The van der Waals surface area contributed by atoms with E-state index in [0.717, 1.165) is 0 Å². The number of aromatic nitrogens is 1. The van der Waals surface area contributed by atoms with Crippen LogP contribution in [0.1, 0.15) is 47.0 Å². The van der Waals surface area contributed by atoms with Crippen molar-refractivity contribution in [3.63, 3.8) is 0 Å². The summed E-state index contributed by atoms with van der Waals surface area (Å²) in [5, 5.41) is 5.18. The minimum Gasteiger partial charge on any atom is -0.344 e. The lowest BCUT2D eigenvalue weighted by Gasteiger charge is -2.13. The van der Waals surface area contributed by atoms with Crippen molar-refractivity contribution >= 4 is 17.2 Å². The van der Waals surface area contributed by atoms with Gasteiger partial charge < -0.3 is 11.1 Å². The number of nitrogens with zero attached hydrogens (tertiary/aromatic N) is 1. The first-order chi connectivity index (χ1) is 9.47. The van der Waals surface area contributed by atoms with Crippen molar-refractivity contribution in [2.45, 2.75) is 25.9 Å². The molecule has 0 fully saturated rings. The van der Waals surface area contributed by atoms with E-state index in [1.165, 1.54) is 23.5 Å². The van der Waals surface area contributed by atoms with Crippen molar-refractivity contribution in [3.8, 4) is 0 Å². The van der Waals surface area contributed by atoms with Gasteiger partial charge in [-0.2, -0.15) is 0 Å². The van der Waals surface area contributed by atoms with Crippen molar-refractivity contribution in [1.82, 2.24) is 10.3 Å². The summed E-state index contributed by atoms with van der Waals surface area (Å²) in [6.07, 6.45) is 0. The van der Waals surface area contributed by atoms with Gasteiger partial charge in [0, 0.05) is 5.38 Å². The predicted octanol–water partition coefficient (Wildman–Crippen LogP) is 2.79. The van der Waals surface area contributed by atoms with Gasteiger partial charge in [-0.25, -0.2) is 9.37 Å². The molecule has 1 aromatic carbocycles. The number of amides is 1. The van der Waals surface area contributed by atoms with Crippen LogP contribution in [0.4, 0.5) is 4.39 Å². The Morgan fingerprint density at radius 3 is 2.80 bits per heavy atom. The quantitative estimate of drug-likeness (QED) is 0.910. The summed E-state index contributed by atoms with van der Waals surface area (Å²) >= 11 is 1.35. The third-order valence-corrected chi connectivity index (χ3v) is 3.89. The zero-order chi connectivity index (χ0) is 14.7. The number of carbonyl (C=O) groups excluding carboxylic acids is 1. The van der Waals surface area contributed by atoms with E-state index in [4.69, 9.17) is 5.73 Å². The molecule has 6 heteroatoms. The van der Waals surface area contributed by atoms with Crippen LogP contribution in [-0.2, 0) is 0 Å². The highest BCUT2D eigenvalue weighted by molar-refractivity contribution is 7.09. The molecular weight excluding hydrogens is 277 g/mol. The SMILES string of the molecule is CC(N)c1nc(C(=O)NC(C)c2cccc(F)c2)cs1. The van der Waals surface area contributed by atoms with Crippen molar-refractivity contribution in [2.24, 2.45) is 5.73 Å². The molecule has 20 heavy (non-hydrogen) atoms. The second kappa shape index (κ2) is 6.11. The molecule has 0 radical (unpaired) electrons. The second-order valence-corrected chi connectivity index (χ2v) is 5.50. The first-order valence-electron chi connectivity index (χ1n) is 6.24. The van der Waals surface area contributed by atoms with E-state index in [1.54, 1.807) is 24.4 Å². The molecule has 3 N–H and O–H groups in total. The van der Waals surface area contributed by atoms with Crippen molar-refractivity contribution in [1.29, 1.82) is 0 Å². The Balaban J connectivity index is 2.07. The van der Waals surface area contributed by atoms with Crippen LogP contribution in [0.5, 0.6) is 0 Å². The topological polar surface area (TPSA) is 68.0 Å². The third kappa shape index (κ3) is 3.40.